The summed E-state index contributed by atoms with van der Waals surface area (Å²) in [7, 11) is -7.79. The third-order valence-corrected chi connectivity index (χ3v) is 5.21. The number of hydrogen-bond donors (Lipinski definition) is 3. The Hall–Kier alpha value is -0.750. The first-order chi connectivity index (χ1) is 8.53. The van der Waals surface area contributed by atoms with Crippen LogP contribution in [0.15, 0.2) is 21.5 Å². The summed E-state index contributed by atoms with van der Waals surface area (Å²) >= 11 is 2.89. The van der Waals surface area contributed by atoms with Crippen molar-refractivity contribution in [2.75, 3.05) is 18.0 Å². The summed E-state index contributed by atoms with van der Waals surface area (Å²) in [6.45, 7) is -0.398. The fourth-order valence-corrected chi connectivity index (χ4v) is 3.74. The molecule has 0 aliphatic rings. The van der Waals surface area contributed by atoms with Gasteiger partial charge in [-0.25, -0.2) is 31.1 Å². The Morgan fingerprint density at radius 1 is 1.26 bits per heavy atom. The molecule has 108 valence electrons. The van der Waals surface area contributed by atoms with Gasteiger partial charge in [-0.3, -0.25) is 0 Å². The van der Waals surface area contributed by atoms with Crippen LogP contribution >= 0.6 is 15.9 Å². The minimum absolute atomic E-state index is 0.0256. The summed E-state index contributed by atoms with van der Waals surface area (Å²) in [4.78, 5) is -0.291. The highest BCUT2D eigenvalue weighted by Crippen LogP contribution is 2.26. The molecule has 1 aromatic carbocycles. The van der Waals surface area contributed by atoms with Gasteiger partial charge < -0.3 is 5.73 Å². The van der Waals surface area contributed by atoms with Crippen molar-refractivity contribution in [1.29, 1.82) is 0 Å². The Labute approximate surface area is 118 Å². The van der Waals surface area contributed by atoms with Gasteiger partial charge in [-0.1, -0.05) is 0 Å². The lowest BCUT2D eigenvalue weighted by molar-refractivity contribution is 0.580. The van der Waals surface area contributed by atoms with Gasteiger partial charge in [0, 0.05) is 11.0 Å². The lowest BCUT2D eigenvalue weighted by atomic mass is 10.3. The van der Waals surface area contributed by atoms with Gasteiger partial charge in [0.05, 0.1) is 16.3 Å². The number of sulfonamides is 2. The van der Waals surface area contributed by atoms with E-state index in [1.54, 1.807) is 0 Å². The summed E-state index contributed by atoms with van der Waals surface area (Å²) in [5, 5.41) is 4.74. The van der Waals surface area contributed by atoms with E-state index in [2.05, 4.69) is 15.9 Å². The molecule has 0 atom stereocenters. The van der Waals surface area contributed by atoms with Crippen LogP contribution in [-0.2, 0) is 20.0 Å². The number of nitrogen functional groups attached to an aromatic ring is 1. The molecule has 0 aliphatic heterocycles. The Kier molecular flexibility index (Phi) is 4.90. The highest BCUT2D eigenvalue weighted by molar-refractivity contribution is 9.10. The molecule has 1 aromatic rings. The summed E-state index contributed by atoms with van der Waals surface area (Å²) < 4.78 is 60.2. The predicted octanol–water partition coefficient (Wildman–Crippen LogP) is -0.263. The maximum absolute atomic E-state index is 13.1. The molecule has 0 saturated heterocycles. The van der Waals surface area contributed by atoms with Crippen molar-refractivity contribution in [2.45, 2.75) is 4.90 Å². The number of benzene rings is 1. The quantitative estimate of drug-likeness (QED) is 0.609. The molecule has 0 spiro atoms. The minimum Gasteiger partial charge on any atom is -0.396 e. The van der Waals surface area contributed by atoms with Crippen LogP contribution in [0.2, 0.25) is 0 Å². The molecule has 0 bridgehead atoms. The van der Waals surface area contributed by atoms with E-state index < -0.39 is 38.2 Å². The molecule has 7 nitrogen and oxygen atoms in total. The van der Waals surface area contributed by atoms with Crippen LogP contribution in [0.5, 0.6) is 0 Å². The topological polar surface area (TPSA) is 132 Å². The van der Waals surface area contributed by atoms with Crippen molar-refractivity contribution in [3.05, 3.63) is 22.4 Å². The van der Waals surface area contributed by atoms with Crippen LogP contribution in [0, 0.1) is 5.82 Å². The van der Waals surface area contributed by atoms with Crippen LogP contribution in [0.25, 0.3) is 0 Å². The number of nitrogens with one attached hydrogen (secondary N) is 1. The molecule has 19 heavy (non-hydrogen) atoms. The molecule has 0 heterocycles. The highest BCUT2D eigenvalue weighted by atomic mass is 79.9. The van der Waals surface area contributed by atoms with Crippen LogP contribution in [0.1, 0.15) is 0 Å². The van der Waals surface area contributed by atoms with Crippen molar-refractivity contribution in [3.8, 4) is 0 Å². The van der Waals surface area contributed by atoms with Gasteiger partial charge in [-0.15, -0.1) is 0 Å². The average molecular weight is 376 g/mol. The summed E-state index contributed by atoms with van der Waals surface area (Å²) in [5.74, 6) is -1.32. The second-order valence-corrected chi connectivity index (χ2v) is 7.89. The third kappa shape index (κ3) is 4.69. The zero-order chi connectivity index (χ0) is 14.8. The molecular formula is C8H11BrFN3O4S2. The van der Waals surface area contributed by atoms with E-state index >= 15 is 0 Å². The van der Waals surface area contributed by atoms with Crippen molar-refractivity contribution in [2.24, 2.45) is 5.14 Å². The number of anilines is 1. The van der Waals surface area contributed by atoms with E-state index in [1.807, 2.05) is 4.72 Å². The van der Waals surface area contributed by atoms with Gasteiger partial charge in [0.2, 0.25) is 20.0 Å². The molecule has 0 unspecified atom stereocenters. The second kappa shape index (κ2) is 5.71. The standard InChI is InChI=1S/C8H11BrFN3O4S2/c9-5-3-6(10)7(11)4-8(5)19(16,17)13-1-2-18(12,14)15/h3-4,13H,1-2,11H2,(H2,12,14,15). The van der Waals surface area contributed by atoms with Crippen molar-refractivity contribution in [1.82, 2.24) is 4.72 Å². The lowest BCUT2D eigenvalue weighted by Crippen LogP contribution is -2.31. The molecule has 0 fully saturated rings. The number of primary sulfonamides is 1. The minimum atomic E-state index is -4.02. The smallest absolute Gasteiger partial charge is 0.241 e. The first-order valence-corrected chi connectivity index (χ1v) is 8.77. The number of nitrogens with two attached hydrogens (primary N) is 2. The van der Waals surface area contributed by atoms with Crippen molar-refractivity contribution < 1.29 is 21.2 Å². The van der Waals surface area contributed by atoms with Crippen LogP contribution in [0.3, 0.4) is 0 Å². The lowest BCUT2D eigenvalue weighted by Gasteiger charge is -2.09. The Bertz CT molecular complexity index is 690. The molecule has 11 heteroatoms. The summed E-state index contributed by atoms with van der Waals surface area (Å²) in [5.41, 5.74) is 4.94. The van der Waals surface area contributed by atoms with Gasteiger partial charge in [0.1, 0.15) is 5.82 Å². The largest absolute Gasteiger partial charge is 0.396 e. The zero-order valence-corrected chi connectivity index (χ0v) is 12.6. The third-order valence-electron chi connectivity index (χ3n) is 2.02. The van der Waals surface area contributed by atoms with Gasteiger partial charge in [-0.2, -0.15) is 0 Å². The molecule has 0 saturated carbocycles. The van der Waals surface area contributed by atoms with Crippen LogP contribution in [-0.4, -0.2) is 29.1 Å². The van der Waals surface area contributed by atoms with E-state index in [4.69, 9.17) is 10.9 Å². The monoisotopic (exact) mass is 375 g/mol. The number of hydrogen-bond acceptors (Lipinski definition) is 5. The average Bonchev–Trinajstić information content (AvgIpc) is 2.20. The van der Waals surface area contributed by atoms with E-state index in [0.29, 0.717) is 0 Å². The molecule has 0 aliphatic carbocycles. The number of rotatable bonds is 5. The van der Waals surface area contributed by atoms with E-state index in [9.17, 15) is 21.2 Å². The molecule has 0 amide bonds. The Balaban J connectivity index is 2.98. The van der Waals surface area contributed by atoms with E-state index in [0.717, 1.165) is 12.1 Å². The van der Waals surface area contributed by atoms with Gasteiger partial charge in [0.25, 0.3) is 0 Å². The fraction of sp³-hybridized carbons (Fsp3) is 0.250. The summed E-state index contributed by atoms with van der Waals surface area (Å²) in [6.07, 6.45) is 0. The SMILES string of the molecule is Nc1cc(S(=O)(=O)NCCS(N)(=O)=O)c(Br)cc1F. The van der Waals surface area contributed by atoms with Crippen molar-refractivity contribution >= 4 is 41.7 Å². The normalized spacial score (nSPS) is 12.6. The molecule has 1 rings (SSSR count). The first-order valence-electron chi connectivity index (χ1n) is 4.77. The Morgan fingerprint density at radius 3 is 2.37 bits per heavy atom. The van der Waals surface area contributed by atoms with E-state index in [1.165, 1.54) is 0 Å². The fourth-order valence-electron chi connectivity index (χ4n) is 1.15. The maximum Gasteiger partial charge on any atom is 0.241 e. The molecule has 0 aromatic heterocycles. The Morgan fingerprint density at radius 2 is 1.84 bits per heavy atom. The zero-order valence-electron chi connectivity index (χ0n) is 9.43. The summed E-state index contributed by atoms with van der Waals surface area (Å²) in [6, 6.07) is 1.84. The first kappa shape index (κ1) is 16.3. The highest BCUT2D eigenvalue weighted by Gasteiger charge is 2.20. The van der Waals surface area contributed by atoms with Gasteiger partial charge in [-0.05, 0) is 28.1 Å². The molecule has 5 N–H and O–H groups in total. The number of halogens is 2. The maximum atomic E-state index is 13.1. The second-order valence-electron chi connectivity index (χ2n) is 3.57. The molecule has 0 radical (unpaired) electrons. The van der Waals surface area contributed by atoms with Crippen LogP contribution < -0.4 is 15.6 Å². The van der Waals surface area contributed by atoms with Gasteiger partial charge >= 0.3 is 0 Å². The van der Waals surface area contributed by atoms with Gasteiger partial charge in [0.15, 0.2) is 0 Å². The molecular weight excluding hydrogens is 365 g/mol. The predicted molar refractivity (Wildman–Crippen MR) is 71.7 cm³/mol. The van der Waals surface area contributed by atoms with Crippen LogP contribution in [0.4, 0.5) is 10.1 Å². The van der Waals surface area contributed by atoms with E-state index in [-0.39, 0.29) is 15.1 Å². The van der Waals surface area contributed by atoms with Crippen molar-refractivity contribution in [3.63, 3.8) is 0 Å².